The lowest BCUT2D eigenvalue weighted by Crippen LogP contribution is -2.34. The molecule has 0 saturated heterocycles. The Morgan fingerprint density at radius 1 is 1.05 bits per heavy atom. The van der Waals surface area contributed by atoms with E-state index in [-0.39, 0.29) is 25.0 Å². The number of benzene rings is 2. The van der Waals surface area contributed by atoms with Crippen LogP contribution in [-0.4, -0.2) is 50.7 Å². The number of hydrogen-bond donors (Lipinski definition) is 1. The maximum Gasteiger partial charge on any atom is 0.310 e. The van der Waals surface area contributed by atoms with Gasteiger partial charge in [0.2, 0.25) is 5.88 Å². The molecule has 2 aromatic carbocycles. The van der Waals surface area contributed by atoms with E-state index in [0.717, 1.165) is 21.4 Å². The van der Waals surface area contributed by atoms with E-state index < -0.39 is 18.0 Å². The number of ether oxygens (including phenoxy) is 2. The Morgan fingerprint density at radius 3 is 2.49 bits per heavy atom. The number of nitrogens with zero attached hydrogens (tertiary/aromatic N) is 4. The number of rotatable bonds is 12. The fourth-order valence-corrected chi connectivity index (χ4v) is 4.18. The van der Waals surface area contributed by atoms with Crippen molar-refractivity contribution in [1.29, 1.82) is 0 Å². The van der Waals surface area contributed by atoms with Crippen LogP contribution in [0.15, 0.2) is 71.7 Å². The molecule has 2 aromatic heterocycles. The summed E-state index contributed by atoms with van der Waals surface area (Å²) in [6.45, 7) is 0.291. The van der Waals surface area contributed by atoms with Crippen molar-refractivity contribution in [2.24, 2.45) is 5.92 Å². The fraction of sp³-hybridized carbons (Fsp3) is 0.259. The number of hydrogen-bond acceptors (Lipinski definition) is 8. The summed E-state index contributed by atoms with van der Waals surface area (Å²) in [7, 11) is 1.56. The van der Waals surface area contributed by atoms with E-state index in [9.17, 15) is 19.5 Å². The smallest absolute Gasteiger partial charge is 0.310 e. The van der Waals surface area contributed by atoms with Crippen LogP contribution in [0.1, 0.15) is 18.4 Å². The first-order valence-electron chi connectivity index (χ1n) is 11.7. The van der Waals surface area contributed by atoms with Crippen LogP contribution in [0.25, 0.3) is 22.0 Å². The van der Waals surface area contributed by atoms with Crippen molar-refractivity contribution < 1.29 is 24.2 Å². The van der Waals surface area contributed by atoms with Crippen LogP contribution in [0.4, 0.5) is 0 Å². The SMILES string of the molecule is COc1ccc(-c2ccc(CC[C@@H](OC=O)[C@@H](CCn3nnc4ccccc4c3=O)C(=O)O)cc2)cn1. The second kappa shape index (κ2) is 11.9. The zero-order chi connectivity index (χ0) is 26.2. The van der Waals surface area contributed by atoms with Gasteiger partial charge in [0.1, 0.15) is 11.6 Å². The number of fused-ring (bicyclic) bond motifs is 1. The zero-order valence-electron chi connectivity index (χ0n) is 20.2. The average Bonchev–Trinajstić information content (AvgIpc) is 2.93. The second-order valence-corrected chi connectivity index (χ2v) is 8.46. The third-order valence-corrected chi connectivity index (χ3v) is 6.23. The second-order valence-electron chi connectivity index (χ2n) is 8.46. The highest BCUT2D eigenvalue weighted by Crippen LogP contribution is 2.23. The van der Waals surface area contributed by atoms with Gasteiger partial charge in [0.25, 0.3) is 12.0 Å². The molecule has 0 radical (unpaired) electrons. The number of pyridine rings is 1. The van der Waals surface area contributed by atoms with E-state index in [1.807, 2.05) is 30.3 Å². The Morgan fingerprint density at radius 2 is 1.81 bits per heavy atom. The highest BCUT2D eigenvalue weighted by Gasteiger charge is 2.29. The van der Waals surface area contributed by atoms with Gasteiger partial charge in [-0.2, -0.15) is 0 Å². The van der Waals surface area contributed by atoms with Crippen LogP contribution in [-0.2, 0) is 27.3 Å². The molecule has 0 aliphatic heterocycles. The molecule has 10 heteroatoms. The summed E-state index contributed by atoms with van der Waals surface area (Å²) in [5.41, 5.74) is 2.99. The fourth-order valence-electron chi connectivity index (χ4n) is 4.18. The van der Waals surface area contributed by atoms with Gasteiger partial charge < -0.3 is 14.6 Å². The number of aromatic nitrogens is 4. The summed E-state index contributed by atoms with van der Waals surface area (Å²) in [6.07, 6.45) is 1.70. The normalized spacial score (nSPS) is 12.6. The summed E-state index contributed by atoms with van der Waals surface area (Å²) in [5.74, 6) is -1.60. The zero-order valence-corrected chi connectivity index (χ0v) is 20.2. The quantitative estimate of drug-likeness (QED) is 0.290. The van der Waals surface area contributed by atoms with Gasteiger partial charge in [-0.05, 0) is 48.6 Å². The van der Waals surface area contributed by atoms with Gasteiger partial charge in [0, 0.05) is 24.4 Å². The maximum absolute atomic E-state index is 12.7. The Kier molecular flexibility index (Phi) is 8.19. The molecule has 0 fully saturated rings. The molecule has 0 spiro atoms. The molecule has 0 bridgehead atoms. The minimum Gasteiger partial charge on any atom is -0.481 e. The van der Waals surface area contributed by atoms with Gasteiger partial charge >= 0.3 is 5.97 Å². The van der Waals surface area contributed by atoms with Crippen molar-refractivity contribution >= 4 is 23.3 Å². The molecule has 0 aliphatic carbocycles. The average molecular weight is 503 g/mol. The number of carboxylic acid groups (broad SMARTS) is 1. The highest BCUT2D eigenvalue weighted by molar-refractivity contribution is 5.76. The number of carbonyl (C=O) groups excluding carboxylic acids is 1. The Balaban J connectivity index is 1.42. The van der Waals surface area contributed by atoms with Crippen LogP contribution in [0, 0.1) is 5.92 Å². The molecule has 10 nitrogen and oxygen atoms in total. The van der Waals surface area contributed by atoms with Gasteiger partial charge in [-0.1, -0.05) is 41.6 Å². The van der Waals surface area contributed by atoms with Gasteiger partial charge in [0.15, 0.2) is 0 Å². The van der Waals surface area contributed by atoms with Crippen molar-refractivity contribution in [1.82, 2.24) is 20.0 Å². The van der Waals surface area contributed by atoms with Crippen molar-refractivity contribution in [3.8, 4) is 17.0 Å². The minimum atomic E-state index is -1.11. The lowest BCUT2D eigenvalue weighted by molar-refractivity contribution is -0.152. The van der Waals surface area contributed by atoms with E-state index in [2.05, 4.69) is 15.3 Å². The maximum atomic E-state index is 12.7. The van der Waals surface area contributed by atoms with E-state index in [0.29, 0.717) is 29.6 Å². The van der Waals surface area contributed by atoms with Gasteiger partial charge in [0.05, 0.1) is 18.4 Å². The molecule has 4 aromatic rings. The summed E-state index contributed by atoms with van der Waals surface area (Å²) >= 11 is 0. The summed E-state index contributed by atoms with van der Waals surface area (Å²) in [5, 5.41) is 18.2. The molecule has 0 unspecified atom stereocenters. The van der Waals surface area contributed by atoms with Crippen LogP contribution in [0.3, 0.4) is 0 Å². The van der Waals surface area contributed by atoms with Gasteiger partial charge in [-0.3, -0.25) is 14.4 Å². The predicted molar refractivity (Wildman–Crippen MR) is 135 cm³/mol. The molecular formula is C27H26N4O6. The lowest BCUT2D eigenvalue weighted by Gasteiger charge is -2.22. The lowest BCUT2D eigenvalue weighted by atomic mass is 9.93. The first-order valence-corrected chi connectivity index (χ1v) is 11.7. The topological polar surface area (TPSA) is 134 Å². The van der Waals surface area contributed by atoms with Crippen molar-refractivity contribution in [2.45, 2.75) is 31.9 Å². The van der Waals surface area contributed by atoms with Crippen molar-refractivity contribution in [3.05, 3.63) is 82.8 Å². The number of carbonyl (C=O) groups is 2. The van der Waals surface area contributed by atoms with E-state index in [1.165, 1.54) is 0 Å². The van der Waals surface area contributed by atoms with Gasteiger partial charge in [-0.25, -0.2) is 9.67 Å². The molecule has 4 rings (SSSR count). The van der Waals surface area contributed by atoms with Crippen molar-refractivity contribution in [2.75, 3.05) is 7.11 Å². The molecule has 0 amide bonds. The third kappa shape index (κ3) is 6.16. The standard InChI is InChI=1S/C27H26N4O6/c1-36-25-13-11-20(16-28-25)19-9-6-18(7-10-19)8-12-24(37-17-32)22(27(34)35)14-15-31-26(33)21-4-2-3-5-23(21)29-30-31/h2-7,9-11,13,16-17,22,24H,8,12,14-15H2,1H3,(H,34,35)/t22-,24-/m1/s1. The summed E-state index contributed by atoms with van der Waals surface area (Å²) < 4.78 is 11.4. The van der Waals surface area contributed by atoms with Crippen LogP contribution in [0.5, 0.6) is 5.88 Å². The highest BCUT2D eigenvalue weighted by atomic mass is 16.5. The third-order valence-electron chi connectivity index (χ3n) is 6.23. The summed E-state index contributed by atoms with van der Waals surface area (Å²) in [4.78, 5) is 40.1. The molecule has 2 heterocycles. The Hall–Kier alpha value is -4.60. The largest absolute Gasteiger partial charge is 0.481 e. The molecule has 37 heavy (non-hydrogen) atoms. The van der Waals surface area contributed by atoms with E-state index >= 15 is 0 Å². The number of aryl methyl sites for hydroxylation is 2. The predicted octanol–water partition coefficient (Wildman–Crippen LogP) is 3.13. The minimum absolute atomic E-state index is 0.0247. The van der Waals surface area contributed by atoms with E-state index in [4.69, 9.17) is 9.47 Å². The molecule has 0 aliphatic rings. The molecule has 2 atom stereocenters. The first kappa shape index (κ1) is 25.5. The number of aliphatic carboxylic acids is 1. The molecule has 0 saturated carbocycles. The van der Waals surface area contributed by atoms with Crippen molar-refractivity contribution in [3.63, 3.8) is 0 Å². The van der Waals surface area contributed by atoms with Crippen LogP contribution >= 0.6 is 0 Å². The molecule has 1 N–H and O–H groups in total. The van der Waals surface area contributed by atoms with Gasteiger partial charge in [-0.15, -0.1) is 5.10 Å². The number of methoxy groups -OCH3 is 1. The molecular weight excluding hydrogens is 476 g/mol. The first-order chi connectivity index (χ1) is 18.0. The monoisotopic (exact) mass is 502 g/mol. The number of carboxylic acids is 1. The molecule has 190 valence electrons. The Labute approximate surface area is 212 Å². The van der Waals surface area contributed by atoms with Crippen LogP contribution in [0.2, 0.25) is 0 Å². The van der Waals surface area contributed by atoms with Crippen LogP contribution < -0.4 is 10.3 Å². The van der Waals surface area contributed by atoms with E-state index in [1.54, 1.807) is 43.6 Å². The summed E-state index contributed by atoms with van der Waals surface area (Å²) in [6, 6.07) is 18.3. The Bertz CT molecular complexity index is 1420.